The SMILES string of the molecule is Cc1cc(N(C)CCCl)cc(CCl)n1. The fraction of sp³-hybridized carbons (Fsp3) is 0.500. The van der Waals surface area contributed by atoms with Gasteiger partial charge >= 0.3 is 0 Å². The summed E-state index contributed by atoms with van der Waals surface area (Å²) in [5.74, 6) is 1.07. The highest BCUT2D eigenvalue weighted by Gasteiger charge is 2.03. The Balaban J connectivity index is 2.90. The van der Waals surface area contributed by atoms with Gasteiger partial charge in [-0.25, -0.2) is 0 Å². The van der Waals surface area contributed by atoms with Crippen LogP contribution < -0.4 is 4.90 Å². The lowest BCUT2D eigenvalue weighted by Gasteiger charge is -2.18. The van der Waals surface area contributed by atoms with E-state index in [1.54, 1.807) is 0 Å². The average molecular weight is 233 g/mol. The number of pyridine rings is 1. The predicted molar refractivity (Wildman–Crippen MR) is 62.5 cm³/mol. The minimum atomic E-state index is 0.448. The van der Waals surface area contributed by atoms with Crippen molar-refractivity contribution in [2.75, 3.05) is 24.4 Å². The minimum absolute atomic E-state index is 0.448. The maximum absolute atomic E-state index is 5.75. The predicted octanol–water partition coefficient (Wildman–Crippen LogP) is 2.80. The molecule has 1 heterocycles. The lowest BCUT2D eigenvalue weighted by atomic mass is 10.2. The van der Waals surface area contributed by atoms with Gasteiger partial charge in [0.2, 0.25) is 0 Å². The molecule has 1 rings (SSSR count). The summed E-state index contributed by atoms with van der Waals surface area (Å²) >= 11 is 11.4. The van der Waals surface area contributed by atoms with E-state index in [4.69, 9.17) is 23.2 Å². The molecule has 1 aromatic rings. The molecule has 0 aliphatic heterocycles. The molecule has 0 amide bonds. The summed E-state index contributed by atoms with van der Waals surface area (Å²) in [5.41, 5.74) is 3.01. The van der Waals surface area contributed by atoms with Crippen molar-refractivity contribution in [3.63, 3.8) is 0 Å². The number of aromatic nitrogens is 1. The molecular weight excluding hydrogens is 219 g/mol. The molecule has 0 aromatic carbocycles. The Bertz CT molecular complexity index is 302. The number of hydrogen-bond donors (Lipinski definition) is 0. The highest BCUT2D eigenvalue weighted by atomic mass is 35.5. The Labute approximate surface area is 94.8 Å². The van der Waals surface area contributed by atoms with E-state index in [1.165, 1.54) is 0 Å². The van der Waals surface area contributed by atoms with Crippen LogP contribution in [0.25, 0.3) is 0 Å². The van der Waals surface area contributed by atoms with Crippen LogP contribution >= 0.6 is 23.2 Å². The highest BCUT2D eigenvalue weighted by molar-refractivity contribution is 6.18. The topological polar surface area (TPSA) is 16.1 Å². The second-order valence-electron chi connectivity index (χ2n) is 3.20. The Morgan fingerprint density at radius 1 is 1.36 bits per heavy atom. The third-order valence-corrected chi connectivity index (χ3v) is 2.43. The van der Waals surface area contributed by atoms with Crippen molar-refractivity contribution >= 4 is 28.9 Å². The number of anilines is 1. The molecule has 0 unspecified atom stereocenters. The maximum atomic E-state index is 5.75. The third-order valence-electron chi connectivity index (χ3n) is 1.99. The lowest BCUT2D eigenvalue weighted by molar-refractivity contribution is 0.959. The smallest absolute Gasteiger partial charge is 0.0648 e. The molecular formula is C10H14Cl2N2. The molecule has 0 N–H and O–H groups in total. The summed E-state index contributed by atoms with van der Waals surface area (Å²) in [4.78, 5) is 6.40. The van der Waals surface area contributed by atoms with Crippen LogP contribution in [0.1, 0.15) is 11.4 Å². The van der Waals surface area contributed by atoms with E-state index in [-0.39, 0.29) is 0 Å². The summed E-state index contributed by atoms with van der Waals surface area (Å²) < 4.78 is 0. The summed E-state index contributed by atoms with van der Waals surface area (Å²) in [6.45, 7) is 2.79. The number of halogens is 2. The molecule has 78 valence electrons. The first-order valence-corrected chi connectivity index (χ1v) is 5.55. The van der Waals surface area contributed by atoms with E-state index in [0.717, 1.165) is 23.6 Å². The van der Waals surface area contributed by atoms with Crippen molar-refractivity contribution in [2.24, 2.45) is 0 Å². The van der Waals surface area contributed by atoms with Crippen molar-refractivity contribution < 1.29 is 0 Å². The van der Waals surface area contributed by atoms with Crippen molar-refractivity contribution in [3.05, 3.63) is 23.5 Å². The van der Waals surface area contributed by atoms with E-state index >= 15 is 0 Å². The molecule has 0 aliphatic rings. The third kappa shape index (κ3) is 3.03. The second-order valence-corrected chi connectivity index (χ2v) is 3.85. The molecule has 1 aromatic heterocycles. The standard InChI is InChI=1S/C10H14Cl2N2/c1-8-5-10(14(2)4-3-11)6-9(7-12)13-8/h5-6H,3-4,7H2,1-2H3. The van der Waals surface area contributed by atoms with Gasteiger partial charge in [0, 0.05) is 30.9 Å². The minimum Gasteiger partial charge on any atom is -0.373 e. The first kappa shape index (κ1) is 11.6. The Kier molecular flexibility index (Phi) is 4.49. The van der Waals surface area contributed by atoms with Crippen molar-refractivity contribution in [3.8, 4) is 0 Å². The molecule has 0 bridgehead atoms. The zero-order valence-corrected chi connectivity index (χ0v) is 9.94. The first-order chi connectivity index (χ1) is 6.67. The van der Waals surface area contributed by atoms with Gasteiger partial charge in [0.1, 0.15) is 0 Å². The monoisotopic (exact) mass is 232 g/mol. The van der Waals surface area contributed by atoms with Gasteiger partial charge in [0.15, 0.2) is 0 Å². The normalized spacial score (nSPS) is 10.3. The van der Waals surface area contributed by atoms with Crippen LogP contribution in [0.3, 0.4) is 0 Å². The van der Waals surface area contributed by atoms with Gasteiger partial charge in [0.25, 0.3) is 0 Å². The number of aryl methyl sites for hydroxylation is 1. The highest BCUT2D eigenvalue weighted by Crippen LogP contribution is 2.16. The van der Waals surface area contributed by atoms with Gasteiger partial charge in [-0.05, 0) is 19.1 Å². The van der Waals surface area contributed by atoms with Crippen LogP contribution in [0.2, 0.25) is 0 Å². The van der Waals surface area contributed by atoms with Gasteiger partial charge in [-0.3, -0.25) is 4.98 Å². The molecule has 0 atom stereocenters. The quantitative estimate of drug-likeness (QED) is 0.743. The maximum Gasteiger partial charge on any atom is 0.0648 e. The van der Waals surface area contributed by atoms with Gasteiger partial charge in [0.05, 0.1) is 11.6 Å². The molecule has 14 heavy (non-hydrogen) atoms. The van der Waals surface area contributed by atoms with Crippen molar-refractivity contribution in [2.45, 2.75) is 12.8 Å². The van der Waals surface area contributed by atoms with Crippen LogP contribution in [0.4, 0.5) is 5.69 Å². The molecule has 4 heteroatoms. The van der Waals surface area contributed by atoms with Crippen LogP contribution in [0.5, 0.6) is 0 Å². The van der Waals surface area contributed by atoms with Gasteiger partial charge in [-0.1, -0.05) is 0 Å². The summed E-state index contributed by atoms with van der Waals surface area (Å²) in [6, 6.07) is 4.02. The Hall–Kier alpha value is -0.470. The van der Waals surface area contributed by atoms with Crippen molar-refractivity contribution in [1.82, 2.24) is 4.98 Å². The zero-order valence-electron chi connectivity index (χ0n) is 8.43. The first-order valence-electron chi connectivity index (χ1n) is 4.48. The average Bonchev–Trinajstić information content (AvgIpc) is 2.17. The molecule has 0 saturated carbocycles. The van der Waals surface area contributed by atoms with E-state index < -0.39 is 0 Å². The largest absolute Gasteiger partial charge is 0.373 e. The Morgan fingerprint density at radius 2 is 2.07 bits per heavy atom. The van der Waals surface area contributed by atoms with Gasteiger partial charge in [-0.2, -0.15) is 0 Å². The summed E-state index contributed by atoms with van der Waals surface area (Å²) in [7, 11) is 2.01. The van der Waals surface area contributed by atoms with E-state index in [1.807, 2.05) is 26.1 Å². The van der Waals surface area contributed by atoms with Crippen LogP contribution in [-0.4, -0.2) is 24.5 Å². The van der Waals surface area contributed by atoms with E-state index in [2.05, 4.69) is 9.88 Å². The van der Waals surface area contributed by atoms with Gasteiger partial charge in [-0.15, -0.1) is 23.2 Å². The molecule has 0 fully saturated rings. The van der Waals surface area contributed by atoms with Crippen LogP contribution in [-0.2, 0) is 5.88 Å². The van der Waals surface area contributed by atoms with E-state index in [9.17, 15) is 0 Å². The van der Waals surface area contributed by atoms with Gasteiger partial charge < -0.3 is 4.90 Å². The summed E-state index contributed by atoms with van der Waals surface area (Å²) in [6.07, 6.45) is 0. The number of alkyl halides is 2. The number of hydrogen-bond acceptors (Lipinski definition) is 2. The lowest BCUT2D eigenvalue weighted by Crippen LogP contribution is -2.19. The molecule has 2 nitrogen and oxygen atoms in total. The fourth-order valence-electron chi connectivity index (χ4n) is 1.26. The van der Waals surface area contributed by atoms with Crippen LogP contribution in [0, 0.1) is 6.92 Å². The fourth-order valence-corrected chi connectivity index (χ4v) is 1.65. The molecule has 0 aliphatic carbocycles. The molecule has 0 saturated heterocycles. The molecule has 0 spiro atoms. The second kappa shape index (κ2) is 5.42. The van der Waals surface area contributed by atoms with E-state index in [0.29, 0.717) is 11.8 Å². The Morgan fingerprint density at radius 3 is 2.64 bits per heavy atom. The van der Waals surface area contributed by atoms with Crippen molar-refractivity contribution in [1.29, 1.82) is 0 Å². The van der Waals surface area contributed by atoms with Crippen LogP contribution in [0.15, 0.2) is 12.1 Å². The summed E-state index contributed by atoms with van der Waals surface area (Å²) in [5, 5.41) is 0. The zero-order chi connectivity index (χ0) is 10.6. The number of nitrogens with zero attached hydrogens (tertiary/aromatic N) is 2. The molecule has 0 radical (unpaired) electrons. The number of rotatable bonds is 4.